The van der Waals surface area contributed by atoms with Crippen molar-refractivity contribution in [1.29, 1.82) is 0 Å². The van der Waals surface area contributed by atoms with Crippen molar-refractivity contribution in [1.82, 2.24) is 4.90 Å². The summed E-state index contributed by atoms with van der Waals surface area (Å²) in [7, 11) is 0. The Bertz CT molecular complexity index is 286. The highest BCUT2D eigenvalue weighted by molar-refractivity contribution is 5.68. The second-order valence-corrected chi connectivity index (χ2v) is 6.07. The third kappa shape index (κ3) is 2.71. The van der Waals surface area contributed by atoms with Gasteiger partial charge in [-0.3, -0.25) is 9.69 Å². The topological polar surface area (TPSA) is 40.5 Å². The number of aliphatic carboxylic acids is 1. The first-order chi connectivity index (χ1) is 8.69. The minimum Gasteiger partial charge on any atom is -0.481 e. The van der Waals surface area contributed by atoms with Gasteiger partial charge in [-0.05, 0) is 44.7 Å². The minimum atomic E-state index is -0.610. The molecular weight excluding hydrogens is 226 g/mol. The second kappa shape index (κ2) is 6.05. The quantitative estimate of drug-likeness (QED) is 0.836. The molecule has 2 rings (SSSR count). The summed E-state index contributed by atoms with van der Waals surface area (Å²) in [5, 5.41) is 9.35. The van der Waals surface area contributed by atoms with Gasteiger partial charge in [-0.25, -0.2) is 0 Å². The van der Waals surface area contributed by atoms with Crippen LogP contribution in [-0.2, 0) is 4.79 Å². The maximum absolute atomic E-state index is 11.4. The van der Waals surface area contributed by atoms with E-state index in [1.165, 1.54) is 38.5 Å². The van der Waals surface area contributed by atoms with Crippen LogP contribution in [0.15, 0.2) is 0 Å². The van der Waals surface area contributed by atoms with E-state index in [0.717, 1.165) is 25.9 Å². The van der Waals surface area contributed by atoms with Gasteiger partial charge in [-0.15, -0.1) is 0 Å². The SMILES string of the molecule is CCC1CCCCC1(CC(=O)O)N1CCCCC1. The normalized spacial score (nSPS) is 34.4. The van der Waals surface area contributed by atoms with E-state index in [9.17, 15) is 9.90 Å². The van der Waals surface area contributed by atoms with Crippen LogP contribution in [0, 0.1) is 5.92 Å². The summed E-state index contributed by atoms with van der Waals surface area (Å²) in [6.07, 6.45) is 10.1. The van der Waals surface area contributed by atoms with Crippen molar-refractivity contribution < 1.29 is 9.90 Å². The lowest BCUT2D eigenvalue weighted by Crippen LogP contribution is -2.57. The van der Waals surface area contributed by atoms with Gasteiger partial charge >= 0.3 is 5.97 Å². The molecule has 104 valence electrons. The Morgan fingerprint density at radius 1 is 1.22 bits per heavy atom. The number of hydrogen-bond acceptors (Lipinski definition) is 2. The predicted octanol–water partition coefficient (Wildman–Crippen LogP) is 3.29. The number of piperidine rings is 1. The average molecular weight is 253 g/mol. The molecule has 1 saturated heterocycles. The monoisotopic (exact) mass is 253 g/mol. The molecule has 0 spiro atoms. The molecule has 2 fully saturated rings. The second-order valence-electron chi connectivity index (χ2n) is 6.07. The Labute approximate surface area is 111 Å². The van der Waals surface area contributed by atoms with Crippen LogP contribution in [0.25, 0.3) is 0 Å². The molecule has 3 nitrogen and oxygen atoms in total. The first-order valence-corrected chi connectivity index (χ1v) is 7.66. The zero-order valence-corrected chi connectivity index (χ0v) is 11.7. The summed E-state index contributed by atoms with van der Waals surface area (Å²) in [6.45, 7) is 4.46. The zero-order valence-electron chi connectivity index (χ0n) is 11.7. The molecule has 2 aliphatic rings. The molecule has 1 heterocycles. The molecule has 0 aromatic heterocycles. The summed E-state index contributed by atoms with van der Waals surface area (Å²) in [5.74, 6) is -0.0265. The van der Waals surface area contributed by atoms with Gasteiger partial charge in [0.1, 0.15) is 0 Å². The lowest BCUT2D eigenvalue weighted by molar-refractivity contribution is -0.143. The fraction of sp³-hybridized carbons (Fsp3) is 0.933. The van der Waals surface area contributed by atoms with Gasteiger partial charge in [0.2, 0.25) is 0 Å². The molecule has 1 aliphatic heterocycles. The van der Waals surface area contributed by atoms with E-state index in [1.807, 2.05) is 0 Å². The highest BCUT2D eigenvalue weighted by Gasteiger charge is 2.45. The fourth-order valence-corrected chi connectivity index (χ4v) is 4.24. The number of carboxylic acid groups (broad SMARTS) is 1. The van der Waals surface area contributed by atoms with Crippen LogP contribution in [0.2, 0.25) is 0 Å². The number of carbonyl (C=O) groups is 1. The van der Waals surface area contributed by atoms with Crippen molar-refractivity contribution in [3.8, 4) is 0 Å². The van der Waals surface area contributed by atoms with Gasteiger partial charge < -0.3 is 5.11 Å². The highest BCUT2D eigenvalue weighted by Crippen LogP contribution is 2.43. The standard InChI is InChI=1S/C15H27NO2/c1-2-13-8-4-5-9-15(13,12-14(17)18)16-10-6-3-7-11-16/h13H,2-12H2,1H3,(H,17,18). The number of hydrogen-bond donors (Lipinski definition) is 1. The molecule has 2 atom stereocenters. The van der Waals surface area contributed by atoms with E-state index < -0.39 is 5.97 Å². The van der Waals surface area contributed by atoms with Gasteiger partial charge in [-0.1, -0.05) is 32.6 Å². The first kappa shape index (κ1) is 13.9. The minimum absolute atomic E-state index is 0.0285. The van der Waals surface area contributed by atoms with Gasteiger partial charge in [0.05, 0.1) is 6.42 Å². The number of rotatable bonds is 4. The predicted molar refractivity (Wildman–Crippen MR) is 72.7 cm³/mol. The Morgan fingerprint density at radius 2 is 1.94 bits per heavy atom. The number of likely N-dealkylation sites (tertiary alicyclic amines) is 1. The molecule has 18 heavy (non-hydrogen) atoms. The Kier molecular flexibility index (Phi) is 4.66. The van der Waals surface area contributed by atoms with Crippen molar-refractivity contribution in [3.63, 3.8) is 0 Å². The van der Waals surface area contributed by atoms with Crippen molar-refractivity contribution in [2.24, 2.45) is 5.92 Å². The molecule has 0 radical (unpaired) electrons. The molecule has 2 unspecified atom stereocenters. The third-order valence-corrected chi connectivity index (χ3v) is 5.11. The number of nitrogens with zero attached hydrogens (tertiary/aromatic N) is 1. The maximum atomic E-state index is 11.4. The van der Waals surface area contributed by atoms with Crippen LogP contribution in [0.4, 0.5) is 0 Å². The smallest absolute Gasteiger partial charge is 0.305 e. The van der Waals surface area contributed by atoms with Crippen molar-refractivity contribution in [3.05, 3.63) is 0 Å². The molecule has 1 N–H and O–H groups in total. The van der Waals surface area contributed by atoms with E-state index in [2.05, 4.69) is 11.8 Å². The van der Waals surface area contributed by atoms with Gasteiger partial charge in [0.25, 0.3) is 0 Å². The maximum Gasteiger partial charge on any atom is 0.305 e. The van der Waals surface area contributed by atoms with E-state index >= 15 is 0 Å². The molecule has 1 aliphatic carbocycles. The van der Waals surface area contributed by atoms with Gasteiger partial charge in [0, 0.05) is 5.54 Å². The average Bonchev–Trinajstić information content (AvgIpc) is 2.39. The molecule has 0 amide bonds. The molecule has 1 saturated carbocycles. The van der Waals surface area contributed by atoms with E-state index in [-0.39, 0.29) is 5.54 Å². The summed E-state index contributed by atoms with van der Waals surface area (Å²) < 4.78 is 0. The molecule has 0 bridgehead atoms. The third-order valence-electron chi connectivity index (χ3n) is 5.11. The van der Waals surface area contributed by atoms with E-state index in [1.54, 1.807) is 0 Å². The van der Waals surface area contributed by atoms with Crippen molar-refractivity contribution >= 4 is 5.97 Å². The molecule has 0 aromatic carbocycles. The van der Waals surface area contributed by atoms with Crippen LogP contribution in [0.3, 0.4) is 0 Å². The van der Waals surface area contributed by atoms with Gasteiger partial charge in [-0.2, -0.15) is 0 Å². The lowest BCUT2D eigenvalue weighted by Gasteiger charge is -2.52. The fourth-order valence-electron chi connectivity index (χ4n) is 4.24. The van der Waals surface area contributed by atoms with Crippen molar-refractivity contribution in [2.45, 2.75) is 70.3 Å². The summed E-state index contributed by atoms with van der Waals surface area (Å²) in [5.41, 5.74) is -0.0285. The molecule has 0 aromatic rings. The molecular formula is C15H27NO2. The first-order valence-electron chi connectivity index (χ1n) is 7.66. The van der Waals surface area contributed by atoms with E-state index in [0.29, 0.717) is 12.3 Å². The van der Waals surface area contributed by atoms with Crippen molar-refractivity contribution in [2.75, 3.05) is 13.1 Å². The highest BCUT2D eigenvalue weighted by atomic mass is 16.4. The number of carboxylic acids is 1. The Hall–Kier alpha value is -0.570. The van der Waals surface area contributed by atoms with Crippen LogP contribution < -0.4 is 0 Å². The van der Waals surface area contributed by atoms with Crippen LogP contribution in [-0.4, -0.2) is 34.6 Å². The zero-order chi connectivity index (χ0) is 13.0. The molecule has 3 heteroatoms. The summed E-state index contributed by atoms with van der Waals surface area (Å²) in [6, 6.07) is 0. The van der Waals surface area contributed by atoms with Crippen LogP contribution in [0.1, 0.15) is 64.7 Å². The van der Waals surface area contributed by atoms with Crippen LogP contribution in [0.5, 0.6) is 0 Å². The Balaban J connectivity index is 2.21. The van der Waals surface area contributed by atoms with Crippen LogP contribution >= 0.6 is 0 Å². The van der Waals surface area contributed by atoms with Gasteiger partial charge in [0.15, 0.2) is 0 Å². The van der Waals surface area contributed by atoms with E-state index in [4.69, 9.17) is 0 Å². The Morgan fingerprint density at radius 3 is 2.56 bits per heavy atom. The largest absolute Gasteiger partial charge is 0.481 e. The lowest BCUT2D eigenvalue weighted by atomic mass is 9.68. The summed E-state index contributed by atoms with van der Waals surface area (Å²) >= 11 is 0. The summed E-state index contributed by atoms with van der Waals surface area (Å²) in [4.78, 5) is 13.9.